The maximum atomic E-state index is 13.1. The van der Waals surface area contributed by atoms with Crippen molar-refractivity contribution in [2.45, 2.75) is 39.0 Å². The molecule has 2 aliphatic rings. The Morgan fingerprint density at radius 1 is 1.06 bits per heavy atom. The van der Waals surface area contributed by atoms with Crippen LogP contribution in [0.15, 0.2) is 42.5 Å². The summed E-state index contributed by atoms with van der Waals surface area (Å²) in [4.78, 5) is 30.0. The third-order valence-electron chi connectivity index (χ3n) is 6.62. The van der Waals surface area contributed by atoms with E-state index in [0.717, 1.165) is 49.3 Å². The van der Waals surface area contributed by atoms with Gasteiger partial charge in [0, 0.05) is 30.3 Å². The summed E-state index contributed by atoms with van der Waals surface area (Å²) in [5.41, 5.74) is 3.39. The van der Waals surface area contributed by atoms with Crippen LogP contribution in [-0.2, 0) is 10.2 Å². The molecule has 4 nitrogen and oxygen atoms in total. The van der Waals surface area contributed by atoms with Gasteiger partial charge in [-0.25, -0.2) is 4.39 Å². The number of halogens is 2. The van der Waals surface area contributed by atoms with Crippen molar-refractivity contribution in [2.75, 3.05) is 31.1 Å². The standard InChI is InChI=1S/C25H29FN2O2.ClH/c1-17-4-9-21-22(16-17)28(24(30)25(21,2)3)15-14-27-12-10-19(11-13-27)23(29)18-5-7-20(26)8-6-18;/h4-9,16,19H,10-15H2,1-3H3;1H. The Balaban J connectivity index is 0.00000272. The summed E-state index contributed by atoms with van der Waals surface area (Å²) in [7, 11) is 0. The van der Waals surface area contributed by atoms with E-state index in [1.807, 2.05) is 18.7 Å². The first-order valence-electron chi connectivity index (χ1n) is 10.7. The zero-order valence-corrected chi connectivity index (χ0v) is 19.2. The fraction of sp³-hybridized carbons (Fsp3) is 0.440. The number of anilines is 1. The van der Waals surface area contributed by atoms with E-state index in [2.05, 4.69) is 30.0 Å². The SMILES string of the molecule is Cc1ccc2c(c1)N(CCN1CCC(C(=O)c3ccc(F)cc3)CC1)C(=O)C2(C)C.Cl. The summed E-state index contributed by atoms with van der Waals surface area (Å²) >= 11 is 0. The number of piperidine rings is 1. The van der Waals surface area contributed by atoms with Crippen LogP contribution >= 0.6 is 12.4 Å². The zero-order chi connectivity index (χ0) is 21.5. The van der Waals surface area contributed by atoms with Gasteiger partial charge in [-0.15, -0.1) is 12.4 Å². The van der Waals surface area contributed by atoms with Crippen molar-refractivity contribution in [1.29, 1.82) is 0 Å². The highest BCUT2D eigenvalue weighted by atomic mass is 35.5. The Labute approximate surface area is 189 Å². The number of fused-ring (bicyclic) bond motifs is 1. The van der Waals surface area contributed by atoms with Crippen LogP contribution in [0.25, 0.3) is 0 Å². The molecule has 0 bridgehead atoms. The fourth-order valence-electron chi connectivity index (χ4n) is 4.69. The monoisotopic (exact) mass is 444 g/mol. The van der Waals surface area contributed by atoms with Gasteiger partial charge < -0.3 is 9.80 Å². The van der Waals surface area contributed by atoms with E-state index in [4.69, 9.17) is 0 Å². The smallest absolute Gasteiger partial charge is 0.237 e. The summed E-state index contributed by atoms with van der Waals surface area (Å²) < 4.78 is 13.1. The molecular weight excluding hydrogens is 415 g/mol. The third kappa shape index (κ3) is 4.53. The second-order valence-electron chi connectivity index (χ2n) is 9.09. The third-order valence-corrected chi connectivity index (χ3v) is 6.62. The molecule has 1 fully saturated rings. The lowest BCUT2D eigenvalue weighted by molar-refractivity contribution is -0.122. The number of aryl methyl sites for hydroxylation is 1. The molecule has 0 unspecified atom stereocenters. The van der Waals surface area contributed by atoms with Gasteiger partial charge in [-0.05, 0) is 88.2 Å². The lowest BCUT2D eigenvalue weighted by atomic mass is 9.86. The molecule has 0 aliphatic carbocycles. The number of carbonyl (C=O) groups is 2. The molecule has 1 saturated heterocycles. The lowest BCUT2D eigenvalue weighted by Crippen LogP contribution is -2.43. The summed E-state index contributed by atoms with van der Waals surface area (Å²) in [5.74, 6) is -0.0693. The Kier molecular flexibility index (Phi) is 6.87. The minimum Gasteiger partial charge on any atom is -0.310 e. The van der Waals surface area contributed by atoms with E-state index in [-0.39, 0.29) is 35.8 Å². The summed E-state index contributed by atoms with van der Waals surface area (Å²) in [6.45, 7) is 9.18. The molecule has 4 rings (SSSR count). The van der Waals surface area contributed by atoms with Crippen molar-refractivity contribution in [3.05, 3.63) is 65.0 Å². The summed E-state index contributed by atoms with van der Waals surface area (Å²) in [5, 5.41) is 0. The van der Waals surface area contributed by atoms with Crippen LogP contribution in [0, 0.1) is 18.7 Å². The normalized spacial score (nSPS) is 18.6. The molecule has 0 N–H and O–H groups in total. The highest BCUT2D eigenvalue weighted by molar-refractivity contribution is 6.07. The zero-order valence-electron chi connectivity index (χ0n) is 18.4. The van der Waals surface area contributed by atoms with Gasteiger partial charge in [0.25, 0.3) is 0 Å². The molecule has 0 atom stereocenters. The highest BCUT2D eigenvalue weighted by Crippen LogP contribution is 2.41. The molecule has 31 heavy (non-hydrogen) atoms. The second-order valence-corrected chi connectivity index (χ2v) is 9.09. The van der Waals surface area contributed by atoms with Gasteiger partial charge in [0.2, 0.25) is 5.91 Å². The maximum absolute atomic E-state index is 13.1. The molecule has 2 aromatic rings. The van der Waals surface area contributed by atoms with Gasteiger partial charge in [0.15, 0.2) is 5.78 Å². The molecule has 1 amide bonds. The highest BCUT2D eigenvalue weighted by Gasteiger charge is 2.43. The van der Waals surface area contributed by atoms with Gasteiger partial charge in [-0.2, -0.15) is 0 Å². The van der Waals surface area contributed by atoms with E-state index in [1.54, 1.807) is 12.1 Å². The molecule has 6 heteroatoms. The minimum atomic E-state index is -0.488. The van der Waals surface area contributed by atoms with Crippen LogP contribution in [-0.4, -0.2) is 42.8 Å². The van der Waals surface area contributed by atoms with Crippen LogP contribution < -0.4 is 4.90 Å². The fourth-order valence-corrected chi connectivity index (χ4v) is 4.69. The molecule has 2 aliphatic heterocycles. The number of nitrogens with zero attached hydrogens (tertiary/aromatic N) is 2. The quantitative estimate of drug-likeness (QED) is 0.623. The number of amides is 1. The van der Waals surface area contributed by atoms with E-state index in [9.17, 15) is 14.0 Å². The first kappa shape index (κ1) is 23.4. The van der Waals surface area contributed by atoms with E-state index in [1.165, 1.54) is 12.1 Å². The second kappa shape index (κ2) is 9.09. The van der Waals surface area contributed by atoms with Crippen molar-refractivity contribution in [3.63, 3.8) is 0 Å². The summed E-state index contributed by atoms with van der Waals surface area (Å²) in [6.07, 6.45) is 1.59. The molecule has 0 spiro atoms. The predicted octanol–water partition coefficient (Wildman–Crippen LogP) is 4.78. The molecule has 2 aromatic carbocycles. The van der Waals surface area contributed by atoms with Crippen LogP contribution in [0.1, 0.15) is 48.2 Å². The van der Waals surface area contributed by atoms with Crippen molar-refractivity contribution in [1.82, 2.24) is 4.90 Å². The van der Waals surface area contributed by atoms with Crippen molar-refractivity contribution < 1.29 is 14.0 Å². The van der Waals surface area contributed by atoms with Gasteiger partial charge in [0.05, 0.1) is 5.41 Å². The average molecular weight is 445 g/mol. The number of likely N-dealkylation sites (tertiary alicyclic amines) is 1. The number of hydrogen-bond acceptors (Lipinski definition) is 3. The number of rotatable bonds is 5. The number of hydrogen-bond donors (Lipinski definition) is 0. The molecule has 166 valence electrons. The number of Topliss-reactive ketones (excluding diaryl/α,β-unsaturated/α-hetero) is 1. The summed E-state index contributed by atoms with van der Waals surface area (Å²) in [6, 6.07) is 12.1. The minimum absolute atomic E-state index is 0. The van der Waals surface area contributed by atoms with E-state index in [0.29, 0.717) is 12.1 Å². The van der Waals surface area contributed by atoms with Crippen molar-refractivity contribution in [2.24, 2.45) is 5.92 Å². The Morgan fingerprint density at radius 3 is 2.35 bits per heavy atom. The largest absolute Gasteiger partial charge is 0.310 e. The molecule has 0 aromatic heterocycles. The van der Waals surface area contributed by atoms with Gasteiger partial charge in [0.1, 0.15) is 5.82 Å². The Bertz CT molecular complexity index is 966. The predicted molar refractivity (Wildman–Crippen MR) is 124 cm³/mol. The molecule has 0 radical (unpaired) electrons. The van der Waals surface area contributed by atoms with Crippen LogP contribution in [0.2, 0.25) is 0 Å². The molecule has 2 heterocycles. The Morgan fingerprint density at radius 2 is 1.71 bits per heavy atom. The first-order chi connectivity index (χ1) is 14.3. The van der Waals surface area contributed by atoms with Crippen LogP contribution in [0.4, 0.5) is 10.1 Å². The van der Waals surface area contributed by atoms with Gasteiger partial charge in [-0.1, -0.05) is 12.1 Å². The number of benzene rings is 2. The maximum Gasteiger partial charge on any atom is 0.237 e. The van der Waals surface area contributed by atoms with E-state index >= 15 is 0 Å². The van der Waals surface area contributed by atoms with Crippen molar-refractivity contribution >= 4 is 29.8 Å². The molecular formula is C25H30ClFN2O2. The Hall–Kier alpha value is -2.24. The number of ketones is 1. The topological polar surface area (TPSA) is 40.6 Å². The van der Waals surface area contributed by atoms with Gasteiger partial charge >= 0.3 is 0 Å². The van der Waals surface area contributed by atoms with Crippen LogP contribution in [0.5, 0.6) is 0 Å². The van der Waals surface area contributed by atoms with Crippen molar-refractivity contribution in [3.8, 4) is 0 Å². The molecule has 0 saturated carbocycles. The lowest BCUT2D eigenvalue weighted by Gasteiger charge is -2.32. The average Bonchev–Trinajstić information content (AvgIpc) is 2.92. The van der Waals surface area contributed by atoms with Crippen LogP contribution in [0.3, 0.4) is 0 Å². The van der Waals surface area contributed by atoms with E-state index < -0.39 is 5.41 Å². The van der Waals surface area contributed by atoms with Gasteiger partial charge in [-0.3, -0.25) is 9.59 Å². The number of carbonyl (C=O) groups excluding carboxylic acids is 2. The first-order valence-corrected chi connectivity index (χ1v) is 10.7.